The van der Waals surface area contributed by atoms with Gasteiger partial charge in [-0.05, 0) is 53.9 Å². The van der Waals surface area contributed by atoms with Gasteiger partial charge in [-0.1, -0.05) is 12.1 Å². The molecule has 2 rings (SSSR count). The first kappa shape index (κ1) is 14.0. The average molecular weight is 333 g/mol. The van der Waals surface area contributed by atoms with Crippen molar-refractivity contribution in [2.75, 3.05) is 13.1 Å². The van der Waals surface area contributed by atoms with Crippen LogP contribution in [0, 0.1) is 0 Å². The van der Waals surface area contributed by atoms with Gasteiger partial charge in [-0.25, -0.2) is 13.1 Å². The van der Waals surface area contributed by atoms with Gasteiger partial charge in [0.25, 0.3) is 0 Å². The Hall–Kier alpha value is -0.430. The van der Waals surface area contributed by atoms with Crippen LogP contribution in [-0.2, 0) is 10.0 Å². The minimum atomic E-state index is -3.41. The zero-order valence-electron chi connectivity index (χ0n) is 10.0. The Morgan fingerprint density at radius 2 is 2.17 bits per heavy atom. The Balaban J connectivity index is 1.93. The highest BCUT2D eigenvalue weighted by Crippen LogP contribution is 2.20. The molecular formula is C12H17BrN2O2S. The number of rotatable bonds is 5. The maximum Gasteiger partial charge on any atom is 0.241 e. The van der Waals surface area contributed by atoms with E-state index in [2.05, 4.69) is 26.0 Å². The van der Waals surface area contributed by atoms with Gasteiger partial charge in [0.1, 0.15) is 0 Å². The van der Waals surface area contributed by atoms with Crippen molar-refractivity contribution in [3.05, 3.63) is 28.7 Å². The molecule has 0 aliphatic carbocycles. The average Bonchev–Trinajstić information content (AvgIpc) is 2.82. The summed E-state index contributed by atoms with van der Waals surface area (Å²) < 4.78 is 27.4. The highest BCUT2D eigenvalue weighted by Gasteiger charge is 2.18. The van der Waals surface area contributed by atoms with Crippen LogP contribution in [0.5, 0.6) is 0 Å². The lowest BCUT2D eigenvalue weighted by Gasteiger charge is -2.11. The first-order valence-electron chi connectivity index (χ1n) is 6.07. The van der Waals surface area contributed by atoms with Crippen LogP contribution in [0.2, 0.25) is 0 Å². The summed E-state index contributed by atoms with van der Waals surface area (Å²) >= 11 is 3.26. The molecule has 1 atom stereocenters. The smallest absolute Gasteiger partial charge is 0.241 e. The van der Waals surface area contributed by atoms with E-state index in [9.17, 15) is 8.42 Å². The van der Waals surface area contributed by atoms with Crippen LogP contribution in [-0.4, -0.2) is 27.5 Å². The lowest BCUT2D eigenvalue weighted by molar-refractivity contribution is 0.539. The molecule has 1 aromatic rings. The van der Waals surface area contributed by atoms with Gasteiger partial charge in [0.15, 0.2) is 0 Å². The molecular weight excluding hydrogens is 316 g/mol. The molecule has 1 heterocycles. The maximum absolute atomic E-state index is 12.1. The molecule has 0 radical (unpaired) electrons. The largest absolute Gasteiger partial charge is 0.314 e. The third-order valence-corrected chi connectivity index (χ3v) is 5.55. The monoisotopic (exact) mass is 332 g/mol. The lowest BCUT2D eigenvalue weighted by atomic mass is 10.2. The summed E-state index contributed by atoms with van der Waals surface area (Å²) in [5.74, 6) is 0. The molecule has 6 heteroatoms. The standard InChI is InChI=1S/C12H17BrN2O2S/c13-11-5-1-2-6-12(11)18(16,17)15-9-7-10-4-3-8-14-10/h1-2,5-6,10,14-15H,3-4,7-9H2/t10-/m0/s1. The van der Waals surface area contributed by atoms with E-state index in [1.165, 1.54) is 6.42 Å². The molecule has 1 aliphatic rings. The number of benzene rings is 1. The van der Waals surface area contributed by atoms with Crippen molar-refractivity contribution in [3.8, 4) is 0 Å². The summed E-state index contributed by atoms with van der Waals surface area (Å²) in [5, 5.41) is 3.35. The second-order valence-electron chi connectivity index (χ2n) is 4.41. The molecule has 2 N–H and O–H groups in total. The summed E-state index contributed by atoms with van der Waals surface area (Å²) in [6.07, 6.45) is 3.15. The minimum absolute atomic E-state index is 0.296. The molecule has 0 bridgehead atoms. The second-order valence-corrected chi connectivity index (χ2v) is 7.00. The number of hydrogen-bond donors (Lipinski definition) is 2. The van der Waals surface area contributed by atoms with Gasteiger partial charge < -0.3 is 5.32 Å². The van der Waals surface area contributed by atoms with Crippen molar-refractivity contribution in [1.29, 1.82) is 0 Å². The predicted octanol–water partition coefficient (Wildman–Crippen LogP) is 1.87. The molecule has 1 fully saturated rings. The van der Waals surface area contributed by atoms with Crippen molar-refractivity contribution in [1.82, 2.24) is 10.0 Å². The van der Waals surface area contributed by atoms with Crippen molar-refractivity contribution < 1.29 is 8.42 Å². The summed E-state index contributed by atoms with van der Waals surface area (Å²) in [6, 6.07) is 7.29. The summed E-state index contributed by atoms with van der Waals surface area (Å²) in [7, 11) is -3.41. The predicted molar refractivity (Wildman–Crippen MR) is 75.0 cm³/mol. The van der Waals surface area contributed by atoms with Gasteiger partial charge in [-0.3, -0.25) is 0 Å². The molecule has 0 aromatic heterocycles. The van der Waals surface area contributed by atoms with E-state index in [0.717, 1.165) is 19.4 Å². The Kier molecular flexibility index (Phi) is 4.77. The molecule has 0 amide bonds. The molecule has 1 aromatic carbocycles. The fourth-order valence-corrected chi connectivity index (χ4v) is 4.16. The molecule has 0 saturated carbocycles. The van der Waals surface area contributed by atoms with Crippen LogP contribution in [0.1, 0.15) is 19.3 Å². The Bertz CT molecular complexity index is 499. The topological polar surface area (TPSA) is 58.2 Å². The van der Waals surface area contributed by atoms with E-state index in [4.69, 9.17) is 0 Å². The number of nitrogens with one attached hydrogen (secondary N) is 2. The van der Waals surface area contributed by atoms with Gasteiger partial charge in [0.05, 0.1) is 4.90 Å². The van der Waals surface area contributed by atoms with Gasteiger partial charge in [-0.15, -0.1) is 0 Å². The van der Waals surface area contributed by atoms with Gasteiger partial charge >= 0.3 is 0 Å². The fraction of sp³-hybridized carbons (Fsp3) is 0.500. The third-order valence-electron chi connectivity index (χ3n) is 3.07. The number of hydrogen-bond acceptors (Lipinski definition) is 3. The van der Waals surface area contributed by atoms with Crippen LogP contribution in [0.4, 0.5) is 0 Å². The molecule has 18 heavy (non-hydrogen) atoms. The van der Waals surface area contributed by atoms with Gasteiger partial charge in [-0.2, -0.15) is 0 Å². The highest BCUT2D eigenvalue weighted by molar-refractivity contribution is 9.10. The van der Waals surface area contributed by atoms with Crippen molar-refractivity contribution in [2.45, 2.75) is 30.2 Å². The first-order chi connectivity index (χ1) is 8.59. The summed E-state index contributed by atoms with van der Waals surface area (Å²) in [6.45, 7) is 1.52. The zero-order chi connectivity index (χ0) is 13.0. The summed E-state index contributed by atoms with van der Waals surface area (Å²) in [4.78, 5) is 0.296. The van der Waals surface area contributed by atoms with E-state index < -0.39 is 10.0 Å². The fourth-order valence-electron chi connectivity index (χ4n) is 2.11. The third kappa shape index (κ3) is 3.54. The molecule has 0 spiro atoms. The molecule has 1 aliphatic heterocycles. The second kappa shape index (κ2) is 6.14. The van der Waals surface area contributed by atoms with Gasteiger partial charge in [0.2, 0.25) is 10.0 Å². The quantitative estimate of drug-likeness (QED) is 0.865. The molecule has 100 valence electrons. The normalized spacial score (nSPS) is 20.2. The van der Waals surface area contributed by atoms with Crippen LogP contribution in [0.15, 0.2) is 33.6 Å². The minimum Gasteiger partial charge on any atom is -0.314 e. The SMILES string of the molecule is O=S(=O)(NCC[C@@H]1CCCN1)c1ccccc1Br. The van der Waals surface area contributed by atoms with Crippen LogP contribution < -0.4 is 10.0 Å². The zero-order valence-corrected chi connectivity index (χ0v) is 12.4. The highest BCUT2D eigenvalue weighted by atomic mass is 79.9. The van der Waals surface area contributed by atoms with Crippen molar-refractivity contribution in [3.63, 3.8) is 0 Å². The van der Waals surface area contributed by atoms with E-state index >= 15 is 0 Å². The van der Waals surface area contributed by atoms with E-state index in [1.807, 2.05) is 0 Å². The first-order valence-corrected chi connectivity index (χ1v) is 8.35. The number of halogens is 1. The van der Waals surface area contributed by atoms with Gasteiger partial charge in [0, 0.05) is 17.1 Å². The van der Waals surface area contributed by atoms with Crippen LogP contribution in [0.25, 0.3) is 0 Å². The molecule has 4 nitrogen and oxygen atoms in total. The van der Waals surface area contributed by atoms with E-state index in [0.29, 0.717) is 22.0 Å². The molecule has 0 unspecified atom stereocenters. The summed E-state index contributed by atoms with van der Waals surface area (Å²) in [5.41, 5.74) is 0. The Labute approximate surface area is 116 Å². The van der Waals surface area contributed by atoms with Crippen LogP contribution >= 0.6 is 15.9 Å². The van der Waals surface area contributed by atoms with Crippen molar-refractivity contribution in [2.24, 2.45) is 0 Å². The van der Waals surface area contributed by atoms with Crippen molar-refractivity contribution >= 4 is 26.0 Å². The van der Waals surface area contributed by atoms with Crippen LogP contribution in [0.3, 0.4) is 0 Å². The Morgan fingerprint density at radius 3 is 2.83 bits per heavy atom. The van der Waals surface area contributed by atoms with E-state index in [-0.39, 0.29) is 0 Å². The maximum atomic E-state index is 12.1. The lowest BCUT2D eigenvalue weighted by Crippen LogP contribution is -2.30. The Morgan fingerprint density at radius 1 is 1.39 bits per heavy atom. The molecule has 1 saturated heterocycles. The van der Waals surface area contributed by atoms with E-state index in [1.54, 1.807) is 24.3 Å². The number of sulfonamides is 1.